The zero-order valence-corrected chi connectivity index (χ0v) is 49.9. The van der Waals surface area contributed by atoms with Crippen molar-refractivity contribution in [1.29, 1.82) is 0 Å². The van der Waals surface area contributed by atoms with Crippen LogP contribution < -0.4 is 22.8 Å². The van der Waals surface area contributed by atoms with Gasteiger partial charge in [0, 0.05) is 65.3 Å². The molecule has 0 amide bonds. The summed E-state index contributed by atoms with van der Waals surface area (Å²) in [5.74, 6) is 5.96. The second kappa shape index (κ2) is 24.8. The maximum atomic E-state index is 4.48. The lowest BCUT2D eigenvalue weighted by Crippen LogP contribution is -2.31. The van der Waals surface area contributed by atoms with Crippen molar-refractivity contribution < 1.29 is 22.8 Å². The fourth-order valence-electron chi connectivity index (χ4n) is 11.2. The van der Waals surface area contributed by atoms with E-state index in [0.29, 0.717) is 0 Å². The quantitative estimate of drug-likeness (QED) is 0.160. The predicted molar refractivity (Wildman–Crippen MR) is 337 cm³/mol. The van der Waals surface area contributed by atoms with Gasteiger partial charge in [-0.1, -0.05) is 103 Å². The molecule has 420 valence electrons. The van der Waals surface area contributed by atoms with Gasteiger partial charge >= 0.3 is 5.65 Å². The molecule has 0 aliphatic heterocycles. The van der Waals surface area contributed by atoms with Gasteiger partial charge in [-0.05, 0) is 97.1 Å². The SMILES string of the molecule is Cc1n(-c2ccccc2)c2ccccc2[n+]1C.Cc1n(-c2ccccc2)c2cccnc2[n+]1C.Cc1n(-c2ccccc2)c2ccncc2[n+]1C.Cc1n(-c2ccccc2)c2cnccc2[n+]1C.Cc1n(-c2ccccc2)c2ncccc2[n+]1C. The van der Waals surface area contributed by atoms with Gasteiger partial charge in [-0.2, -0.15) is 18.3 Å². The summed E-state index contributed by atoms with van der Waals surface area (Å²) >= 11 is 0. The van der Waals surface area contributed by atoms with Gasteiger partial charge in [-0.3, -0.25) is 9.97 Å². The number of aryl methyl sites for hydroxylation is 5. The van der Waals surface area contributed by atoms with Gasteiger partial charge in [-0.15, -0.1) is 4.98 Å². The zero-order chi connectivity index (χ0) is 59.1. The third-order valence-corrected chi connectivity index (χ3v) is 16.0. The number of hydrogen-bond acceptors (Lipinski definition) is 4. The molecule has 14 heteroatoms. The molecule has 0 N–H and O–H groups in total. The summed E-state index contributed by atoms with van der Waals surface area (Å²) in [6.45, 7) is 10.6. The average Bonchev–Trinajstić information content (AvgIpc) is 3.47. The Bertz CT molecular complexity index is 4050. The molecule has 0 unspecified atom stereocenters. The van der Waals surface area contributed by atoms with Crippen LogP contribution in [0.3, 0.4) is 0 Å². The van der Waals surface area contributed by atoms with E-state index in [9.17, 15) is 0 Å². The Labute approximate surface area is 495 Å². The minimum atomic E-state index is 0.999. The molecule has 15 aromatic rings. The first-order valence-corrected chi connectivity index (χ1v) is 28.4. The lowest BCUT2D eigenvalue weighted by atomic mass is 10.3. The van der Waals surface area contributed by atoms with Gasteiger partial charge in [-0.25, -0.2) is 32.4 Å². The standard InChI is InChI=1S/C15H15N2.4C14H14N3/c1-12-16(2)14-10-6-7-11-15(14)17(12)13-8-4-3-5-9-13;1-11-16(2)14-13(9-6-10-15-14)17(11)12-7-4-3-5-8-12;1-11-16(2)13-9-6-10-15-14(13)17(11)12-7-4-3-5-8-12;1-11-16(2)14-10-15-9-8-13(14)17(11)12-6-4-3-5-7-12;1-11-16(2)13-8-9-15-10-14(13)17(11)12-6-4-3-5-7-12/h3-11H,1-2H3;4*3-10H,1-2H3/q5*+1. The molecule has 0 bridgehead atoms. The smallest absolute Gasteiger partial charge is 0.260 e. The van der Waals surface area contributed by atoms with Crippen LogP contribution in [-0.4, -0.2) is 42.8 Å². The molecule has 0 radical (unpaired) electrons. The highest BCUT2D eigenvalue weighted by atomic mass is 15.2. The summed E-state index contributed by atoms with van der Waals surface area (Å²) in [6, 6.07) is 72.6. The summed E-state index contributed by atoms with van der Waals surface area (Å²) in [5.41, 5.74) is 17.3. The van der Waals surface area contributed by atoms with Crippen LogP contribution in [0.25, 0.3) is 83.9 Å². The van der Waals surface area contributed by atoms with Crippen molar-refractivity contribution in [3.05, 3.63) is 279 Å². The van der Waals surface area contributed by atoms with E-state index in [4.69, 9.17) is 0 Å². The third kappa shape index (κ3) is 11.0. The van der Waals surface area contributed by atoms with E-state index in [1.807, 2.05) is 105 Å². The van der Waals surface area contributed by atoms with Gasteiger partial charge in [0.25, 0.3) is 28.9 Å². The first kappa shape index (κ1) is 56.1. The predicted octanol–water partition coefficient (Wildman–Crippen LogP) is 11.4. The zero-order valence-electron chi connectivity index (χ0n) is 49.9. The fourth-order valence-corrected chi connectivity index (χ4v) is 11.2. The molecule has 9 heterocycles. The van der Waals surface area contributed by atoms with Gasteiger partial charge in [0.15, 0.2) is 44.1 Å². The molecule has 0 saturated carbocycles. The lowest BCUT2D eigenvalue weighted by molar-refractivity contribution is -0.653. The van der Waals surface area contributed by atoms with Gasteiger partial charge in [0.05, 0.1) is 47.6 Å². The van der Waals surface area contributed by atoms with E-state index in [1.54, 1.807) is 0 Å². The number of pyridine rings is 4. The van der Waals surface area contributed by atoms with Crippen molar-refractivity contribution in [3.8, 4) is 28.4 Å². The Morgan fingerprint density at radius 3 is 1.14 bits per heavy atom. The number of benzene rings is 6. The largest absolute Gasteiger partial charge is 0.302 e. The maximum Gasteiger partial charge on any atom is 0.302 e. The van der Waals surface area contributed by atoms with Crippen LogP contribution in [0.5, 0.6) is 0 Å². The Morgan fingerprint density at radius 2 is 0.600 bits per heavy atom. The van der Waals surface area contributed by atoms with Crippen LogP contribution >= 0.6 is 0 Å². The van der Waals surface area contributed by atoms with Gasteiger partial charge in [0.2, 0.25) is 5.82 Å². The van der Waals surface area contributed by atoms with Gasteiger partial charge in [0.1, 0.15) is 34.6 Å². The highest BCUT2D eigenvalue weighted by Gasteiger charge is 2.25. The highest BCUT2D eigenvalue weighted by molar-refractivity contribution is 5.76. The van der Waals surface area contributed by atoms with E-state index in [-0.39, 0.29) is 0 Å². The number of aromatic nitrogens is 14. The summed E-state index contributed by atoms with van der Waals surface area (Å²) in [7, 11) is 10.4. The number of hydrogen-bond donors (Lipinski definition) is 0. The van der Waals surface area contributed by atoms with Crippen molar-refractivity contribution in [2.45, 2.75) is 34.6 Å². The molecule has 0 aliphatic rings. The van der Waals surface area contributed by atoms with Crippen LogP contribution in [0.15, 0.2) is 250 Å². The monoisotopic (exact) mass is 1120 g/mol. The van der Waals surface area contributed by atoms with Crippen LogP contribution in [0, 0.1) is 34.6 Å². The average molecular weight is 1120 g/mol. The van der Waals surface area contributed by atoms with E-state index in [2.05, 4.69) is 280 Å². The number of nitrogens with zero attached hydrogens (tertiary/aromatic N) is 14. The molecule has 14 nitrogen and oxygen atoms in total. The summed E-state index contributed by atoms with van der Waals surface area (Å²) < 4.78 is 22.0. The van der Waals surface area contributed by atoms with Crippen LogP contribution in [0.4, 0.5) is 0 Å². The molecule has 0 spiro atoms. The lowest BCUT2D eigenvalue weighted by Gasteiger charge is -2.00. The van der Waals surface area contributed by atoms with E-state index >= 15 is 0 Å². The Balaban J connectivity index is 0.000000111. The van der Waals surface area contributed by atoms with E-state index in [1.165, 1.54) is 73.9 Å². The Morgan fingerprint density at radius 1 is 0.259 bits per heavy atom. The summed E-state index contributed by atoms with van der Waals surface area (Å²) in [6.07, 6.45) is 11.1. The van der Waals surface area contributed by atoms with Gasteiger partial charge < -0.3 is 0 Å². The number of imidazole rings is 5. The topological polar surface area (TPSA) is 95.6 Å². The van der Waals surface area contributed by atoms with Crippen LogP contribution in [0.1, 0.15) is 29.1 Å². The molecule has 6 aromatic carbocycles. The molecule has 0 atom stereocenters. The third-order valence-electron chi connectivity index (χ3n) is 16.0. The fraction of sp³-hybridized carbons (Fsp3) is 0.141. The molecule has 9 aromatic heterocycles. The first-order valence-electron chi connectivity index (χ1n) is 28.4. The molecule has 15 rings (SSSR count). The molecule has 0 fully saturated rings. The van der Waals surface area contributed by atoms with Crippen molar-refractivity contribution >= 4 is 55.4 Å². The van der Waals surface area contributed by atoms with Crippen molar-refractivity contribution in [2.75, 3.05) is 0 Å². The summed E-state index contributed by atoms with van der Waals surface area (Å²) in [5, 5.41) is 0. The van der Waals surface area contributed by atoms with Crippen molar-refractivity contribution in [1.82, 2.24) is 42.8 Å². The second-order valence-electron chi connectivity index (χ2n) is 20.8. The van der Waals surface area contributed by atoms with Crippen molar-refractivity contribution in [3.63, 3.8) is 0 Å². The van der Waals surface area contributed by atoms with Crippen LogP contribution in [0.2, 0.25) is 0 Å². The molecular weight excluding hydrogens is 1050 g/mol. The normalized spacial score (nSPS) is 10.9. The molecule has 85 heavy (non-hydrogen) atoms. The number of fused-ring (bicyclic) bond motifs is 5. The second-order valence-corrected chi connectivity index (χ2v) is 20.8. The molecule has 0 aliphatic carbocycles. The molecular formula is C71H71N14+5. The Kier molecular flexibility index (Phi) is 16.4. The van der Waals surface area contributed by atoms with E-state index < -0.39 is 0 Å². The van der Waals surface area contributed by atoms with Crippen LogP contribution in [-0.2, 0) is 35.2 Å². The maximum absolute atomic E-state index is 4.48. The number of para-hydroxylation sites is 7. The Hall–Kier alpha value is -10.7. The van der Waals surface area contributed by atoms with Crippen molar-refractivity contribution in [2.24, 2.45) is 35.2 Å². The highest BCUT2D eigenvalue weighted by Crippen LogP contribution is 2.23. The number of rotatable bonds is 5. The molecule has 0 saturated heterocycles. The minimum Gasteiger partial charge on any atom is -0.260 e. The minimum absolute atomic E-state index is 0.999. The van der Waals surface area contributed by atoms with E-state index in [0.717, 1.165) is 39.0 Å². The first-order chi connectivity index (χ1) is 41.4. The summed E-state index contributed by atoms with van der Waals surface area (Å²) in [4.78, 5) is 17.3.